The second kappa shape index (κ2) is 6.84. The van der Waals surface area contributed by atoms with Crippen LogP contribution in [-0.2, 0) is 6.42 Å². The number of benzene rings is 2. The van der Waals surface area contributed by atoms with E-state index in [0.717, 1.165) is 27.9 Å². The van der Waals surface area contributed by atoms with Crippen molar-refractivity contribution in [3.8, 4) is 17.0 Å². The van der Waals surface area contributed by atoms with Gasteiger partial charge in [-0.3, -0.25) is 4.79 Å². The predicted octanol–water partition coefficient (Wildman–Crippen LogP) is 4.02. The van der Waals surface area contributed by atoms with E-state index in [0.29, 0.717) is 35.9 Å². The largest absolute Gasteiger partial charge is 0.489 e. The first-order valence-corrected chi connectivity index (χ1v) is 8.72. The SMILES string of the molecule is Cc1c(Cc2ccc(-c3cocn3)cc2)cc2c(c1Cl)OCCNC2=O. The Morgan fingerprint density at radius 3 is 2.81 bits per heavy atom. The Kier molecular flexibility index (Phi) is 4.39. The van der Waals surface area contributed by atoms with Crippen molar-refractivity contribution >= 4 is 17.5 Å². The molecule has 3 aromatic rings. The van der Waals surface area contributed by atoms with Gasteiger partial charge in [0.2, 0.25) is 0 Å². The Labute approximate surface area is 156 Å². The molecule has 26 heavy (non-hydrogen) atoms. The molecule has 0 spiro atoms. The number of aromatic nitrogens is 1. The molecule has 0 aliphatic carbocycles. The molecule has 1 aliphatic rings. The summed E-state index contributed by atoms with van der Waals surface area (Å²) in [5, 5.41) is 3.33. The summed E-state index contributed by atoms with van der Waals surface area (Å²) in [5.74, 6) is 0.325. The van der Waals surface area contributed by atoms with E-state index in [-0.39, 0.29) is 5.91 Å². The summed E-state index contributed by atoms with van der Waals surface area (Å²) in [6.07, 6.45) is 3.70. The summed E-state index contributed by atoms with van der Waals surface area (Å²) in [4.78, 5) is 16.4. The molecule has 4 rings (SSSR count). The molecule has 1 N–H and O–H groups in total. The number of hydrogen-bond donors (Lipinski definition) is 1. The van der Waals surface area contributed by atoms with Crippen LogP contribution >= 0.6 is 11.6 Å². The molecule has 2 aromatic carbocycles. The number of nitrogens with one attached hydrogen (secondary N) is 1. The smallest absolute Gasteiger partial charge is 0.255 e. The minimum atomic E-state index is -0.151. The molecular weight excluding hydrogens is 352 g/mol. The van der Waals surface area contributed by atoms with E-state index < -0.39 is 0 Å². The highest BCUT2D eigenvalue weighted by atomic mass is 35.5. The van der Waals surface area contributed by atoms with Crippen molar-refractivity contribution in [3.63, 3.8) is 0 Å². The van der Waals surface area contributed by atoms with Crippen LogP contribution in [0.3, 0.4) is 0 Å². The normalized spacial score (nSPS) is 13.5. The van der Waals surface area contributed by atoms with Gasteiger partial charge in [-0.05, 0) is 36.1 Å². The molecule has 0 saturated carbocycles. The van der Waals surface area contributed by atoms with Crippen LogP contribution in [0.5, 0.6) is 5.75 Å². The van der Waals surface area contributed by atoms with E-state index >= 15 is 0 Å². The first kappa shape index (κ1) is 16.7. The molecule has 0 fully saturated rings. The molecule has 132 valence electrons. The number of ether oxygens (including phenoxy) is 1. The van der Waals surface area contributed by atoms with Crippen molar-refractivity contribution in [1.29, 1.82) is 0 Å². The van der Waals surface area contributed by atoms with Crippen LogP contribution in [0.25, 0.3) is 11.3 Å². The van der Waals surface area contributed by atoms with Gasteiger partial charge in [0.1, 0.15) is 18.6 Å². The Hall–Kier alpha value is -2.79. The summed E-state index contributed by atoms with van der Waals surface area (Å²) >= 11 is 6.49. The van der Waals surface area contributed by atoms with Gasteiger partial charge >= 0.3 is 0 Å². The molecule has 0 unspecified atom stereocenters. The fourth-order valence-corrected chi connectivity index (χ4v) is 3.33. The van der Waals surface area contributed by atoms with Crippen molar-refractivity contribution in [1.82, 2.24) is 10.3 Å². The van der Waals surface area contributed by atoms with Crippen molar-refractivity contribution < 1.29 is 13.9 Å². The second-order valence-electron chi connectivity index (χ2n) is 6.20. The number of carbonyl (C=O) groups excluding carboxylic acids is 1. The molecule has 6 heteroatoms. The Bertz CT molecular complexity index is 950. The average molecular weight is 369 g/mol. The maximum absolute atomic E-state index is 12.3. The van der Waals surface area contributed by atoms with Gasteiger partial charge in [0, 0.05) is 5.56 Å². The van der Waals surface area contributed by atoms with Crippen LogP contribution in [0, 0.1) is 6.92 Å². The minimum absolute atomic E-state index is 0.151. The lowest BCUT2D eigenvalue weighted by atomic mass is 9.96. The fourth-order valence-electron chi connectivity index (χ4n) is 3.05. The third-order valence-electron chi connectivity index (χ3n) is 4.53. The number of halogens is 1. The van der Waals surface area contributed by atoms with Crippen LogP contribution in [0.15, 0.2) is 47.4 Å². The second-order valence-corrected chi connectivity index (χ2v) is 6.58. The van der Waals surface area contributed by atoms with Crippen molar-refractivity contribution in [2.24, 2.45) is 0 Å². The maximum Gasteiger partial charge on any atom is 0.255 e. The predicted molar refractivity (Wildman–Crippen MR) is 98.8 cm³/mol. The van der Waals surface area contributed by atoms with E-state index in [1.165, 1.54) is 6.39 Å². The van der Waals surface area contributed by atoms with Gasteiger partial charge in [-0.1, -0.05) is 35.9 Å². The quantitative estimate of drug-likeness (QED) is 0.758. The average Bonchev–Trinajstić information content (AvgIpc) is 3.12. The summed E-state index contributed by atoms with van der Waals surface area (Å²) < 4.78 is 10.7. The first-order chi connectivity index (χ1) is 12.6. The molecule has 5 nitrogen and oxygen atoms in total. The molecule has 2 heterocycles. The highest BCUT2D eigenvalue weighted by molar-refractivity contribution is 6.33. The van der Waals surface area contributed by atoms with E-state index in [9.17, 15) is 4.79 Å². The van der Waals surface area contributed by atoms with Gasteiger partial charge in [0.25, 0.3) is 5.91 Å². The van der Waals surface area contributed by atoms with Crippen molar-refractivity contribution in [2.45, 2.75) is 13.3 Å². The summed E-state index contributed by atoms with van der Waals surface area (Å²) in [5.41, 5.74) is 5.34. The van der Waals surface area contributed by atoms with Crippen LogP contribution in [-0.4, -0.2) is 24.0 Å². The van der Waals surface area contributed by atoms with Crippen LogP contribution in [0.4, 0.5) is 0 Å². The summed E-state index contributed by atoms with van der Waals surface area (Å²) in [6, 6.07) is 9.97. The first-order valence-electron chi connectivity index (χ1n) is 8.34. The van der Waals surface area contributed by atoms with Gasteiger partial charge in [0.15, 0.2) is 12.1 Å². The number of rotatable bonds is 3. The van der Waals surface area contributed by atoms with E-state index in [2.05, 4.69) is 10.3 Å². The lowest BCUT2D eigenvalue weighted by molar-refractivity contribution is 0.0957. The van der Waals surface area contributed by atoms with Crippen molar-refractivity contribution in [2.75, 3.05) is 13.2 Å². The van der Waals surface area contributed by atoms with Gasteiger partial charge in [-0.15, -0.1) is 0 Å². The highest BCUT2D eigenvalue weighted by Gasteiger charge is 2.22. The van der Waals surface area contributed by atoms with E-state index in [4.69, 9.17) is 20.8 Å². The van der Waals surface area contributed by atoms with Gasteiger partial charge < -0.3 is 14.5 Å². The molecule has 0 radical (unpaired) electrons. The summed E-state index contributed by atoms with van der Waals surface area (Å²) in [7, 11) is 0. The van der Waals surface area contributed by atoms with Gasteiger partial charge in [0.05, 0.1) is 17.1 Å². The molecular formula is C20H17ClN2O3. The lowest BCUT2D eigenvalue weighted by Crippen LogP contribution is -2.24. The molecule has 0 atom stereocenters. The van der Waals surface area contributed by atoms with E-state index in [1.807, 2.05) is 37.3 Å². The Morgan fingerprint density at radius 2 is 2.08 bits per heavy atom. The number of fused-ring (bicyclic) bond motifs is 1. The fraction of sp³-hybridized carbons (Fsp3) is 0.200. The third-order valence-corrected chi connectivity index (χ3v) is 4.98. The molecule has 0 bridgehead atoms. The number of carbonyl (C=O) groups is 1. The summed E-state index contributed by atoms with van der Waals surface area (Å²) in [6.45, 7) is 2.84. The number of hydrogen-bond acceptors (Lipinski definition) is 4. The molecule has 1 amide bonds. The maximum atomic E-state index is 12.3. The lowest BCUT2D eigenvalue weighted by Gasteiger charge is -2.15. The van der Waals surface area contributed by atoms with Gasteiger partial charge in [-0.25, -0.2) is 4.98 Å². The van der Waals surface area contributed by atoms with Crippen LogP contribution in [0.2, 0.25) is 5.02 Å². The monoisotopic (exact) mass is 368 g/mol. The Balaban J connectivity index is 1.66. The number of nitrogens with zero attached hydrogens (tertiary/aromatic N) is 1. The number of amides is 1. The van der Waals surface area contributed by atoms with Crippen LogP contribution in [0.1, 0.15) is 27.0 Å². The molecule has 0 saturated heterocycles. The van der Waals surface area contributed by atoms with Crippen molar-refractivity contribution in [3.05, 3.63) is 70.3 Å². The van der Waals surface area contributed by atoms with E-state index in [1.54, 1.807) is 6.26 Å². The molecule has 1 aliphatic heterocycles. The Morgan fingerprint density at radius 1 is 1.27 bits per heavy atom. The zero-order chi connectivity index (χ0) is 18.1. The van der Waals surface area contributed by atoms with Crippen LogP contribution < -0.4 is 10.1 Å². The highest BCUT2D eigenvalue weighted by Crippen LogP contribution is 2.36. The zero-order valence-corrected chi connectivity index (χ0v) is 15.0. The minimum Gasteiger partial charge on any atom is -0.489 e. The third kappa shape index (κ3) is 3.06. The van der Waals surface area contributed by atoms with Gasteiger partial charge in [-0.2, -0.15) is 0 Å². The topological polar surface area (TPSA) is 64.4 Å². The zero-order valence-electron chi connectivity index (χ0n) is 14.2. The number of oxazole rings is 1. The standard InChI is InChI=1S/C20H17ClN2O3/c1-12-15(9-16-19(18(12)21)26-7-6-22-20(16)24)8-13-2-4-14(5-3-13)17-10-25-11-23-17/h2-5,9-11H,6-8H2,1H3,(H,22,24). The molecule has 1 aromatic heterocycles.